The van der Waals surface area contributed by atoms with Gasteiger partial charge in [-0.25, -0.2) is 0 Å². The number of rotatable bonds is 7. The fraction of sp³-hybridized carbons (Fsp3) is 0.625. The summed E-state index contributed by atoms with van der Waals surface area (Å²) in [7, 11) is 0. The molecule has 1 N–H and O–H groups in total. The lowest BCUT2D eigenvalue weighted by molar-refractivity contribution is 0.263. The van der Waals surface area contributed by atoms with Crippen LogP contribution in [0.4, 0.5) is 0 Å². The minimum atomic E-state index is 0.582. The second-order valence-electron chi connectivity index (χ2n) is 5.28. The highest BCUT2D eigenvalue weighted by molar-refractivity contribution is 6.17. The van der Waals surface area contributed by atoms with Crippen LogP contribution in [0.15, 0.2) is 24.3 Å². The smallest absolute Gasteiger partial charge is 0.122 e. The van der Waals surface area contributed by atoms with Gasteiger partial charge in [0.25, 0.3) is 0 Å². The van der Waals surface area contributed by atoms with Crippen molar-refractivity contribution in [3.05, 3.63) is 29.8 Å². The van der Waals surface area contributed by atoms with E-state index in [0.717, 1.165) is 44.2 Å². The molecule has 1 aliphatic heterocycles. The van der Waals surface area contributed by atoms with Crippen molar-refractivity contribution in [1.29, 1.82) is 0 Å². The molecule has 19 heavy (non-hydrogen) atoms. The zero-order valence-electron chi connectivity index (χ0n) is 11.7. The van der Waals surface area contributed by atoms with Crippen molar-refractivity contribution >= 4 is 11.6 Å². The molecule has 2 nitrogen and oxygen atoms in total. The van der Waals surface area contributed by atoms with Crippen LogP contribution >= 0.6 is 11.6 Å². The molecule has 0 aromatic heterocycles. The van der Waals surface area contributed by atoms with Gasteiger partial charge in [-0.05, 0) is 36.9 Å². The van der Waals surface area contributed by atoms with E-state index in [1.54, 1.807) is 0 Å². The van der Waals surface area contributed by atoms with E-state index in [0.29, 0.717) is 11.8 Å². The fourth-order valence-corrected chi connectivity index (χ4v) is 3.00. The molecule has 3 heteroatoms. The Labute approximate surface area is 121 Å². The molecule has 0 spiro atoms. The maximum atomic E-state index is 5.83. The second kappa shape index (κ2) is 7.76. The van der Waals surface area contributed by atoms with Crippen LogP contribution < -0.4 is 10.1 Å². The van der Waals surface area contributed by atoms with E-state index in [1.807, 2.05) is 6.07 Å². The summed E-state index contributed by atoms with van der Waals surface area (Å²) in [5.41, 5.74) is 1.35. The van der Waals surface area contributed by atoms with E-state index < -0.39 is 0 Å². The van der Waals surface area contributed by atoms with Crippen molar-refractivity contribution in [2.45, 2.75) is 32.1 Å². The third-order valence-electron chi connectivity index (χ3n) is 4.00. The van der Waals surface area contributed by atoms with Crippen molar-refractivity contribution in [1.82, 2.24) is 5.32 Å². The molecule has 0 bridgehead atoms. The first-order chi connectivity index (χ1) is 9.35. The molecule has 0 fully saturated rings. The van der Waals surface area contributed by atoms with Gasteiger partial charge in [-0.2, -0.15) is 0 Å². The third-order valence-corrected chi connectivity index (χ3v) is 4.22. The molecule has 1 aromatic rings. The molecule has 1 aliphatic rings. The number of nitrogens with one attached hydrogen (secondary N) is 1. The average Bonchev–Trinajstić information content (AvgIpc) is 2.46. The summed E-state index contributed by atoms with van der Waals surface area (Å²) in [5.74, 6) is 3.11. The Balaban J connectivity index is 1.84. The van der Waals surface area contributed by atoms with Crippen molar-refractivity contribution in [3.8, 4) is 5.75 Å². The van der Waals surface area contributed by atoms with Gasteiger partial charge in [0.2, 0.25) is 0 Å². The Bertz CT molecular complexity index is 383. The molecule has 0 saturated heterocycles. The first-order valence-electron chi connectivity index (χ1n) is 7.33. The molecule has 0 saturated carbocycles. The number of hydrogen-bond donors (Lipinski definition) is 1. The van der Waals surface area contributed by atoms with Gasteiger partial charge in [0.1, 0.15) is 5.75 Å². The van der Waals surface area contributed by atoms with Crippen molar-refractivity contribution in [2.75, 3.05) is 25.6 Å². The van der Waals surface area contributed by atoms with Crippen molar-refractivity contribution in [2.24, 2.45) is 5.92 Å². The number of para-hydroxylation sites is 1. The first kappa shape index (κ1) is 14.7. The van der Waals surface area contributed by atoms with Crippen LogP contribution in [-0.2, 0) is 0 Å². The lowest BCUT2D eigenvalue weighted by Crippen LogP contribution is -2.29. The van der Waals surface area contributed by atoms with Gasteiger partial charge >= 0.3 is 0 Å². The number of fused-ring (bicyclic) bond motifs is 1. The lowest BCUT2D eigenvalue weighted by atomic mass is 9.93. The SMILES string of the molecule is CCC(CCCl)CNCC1CCOc2ccccc21. The molecule has 106 valence electrons. The predicted molar refractivity (Wildman–Crippen MR) is 81.3 cm³/mol. The van der Waals surface area contributed by atoms with E-state index in [2.05, 4.69) is 30.4 Å². The van der Waals surface area contributed by atoms with Gasteiger partial charge in [-0.15, -0.1) is 11.6 Å². The largest absolute Gasteiger partial charge is 0.493 e. The zero-order valence-corrected chi connectivity index (χ0v) is 12.5. The van der Waals surface area contributed by atoms with Crippen LogP contribution in [0.5, 0.6) is 5.75 Å². The lowest BCUT2D eigenvalue weighted by Gasteiger charge is -2.26. The Morgan fingerprint density at radius 3 is 3.05 bits per heavy atom. The second-order valence-corrected chi connectivity index (χ2v) is 5.66. The summed E-state index contributed by atoms with van der Waals surface area (Å²) >= 11 is 5.83. The van der Waals surface area contributed by atoms with E-state index in [-0.39, 0.29) is 0 Å². The molecule has 2 atom stereocenters. The van der Waals surface area contributed by atoms with E-state index in [9.17, 15) is 0 Å². The van der Waals surface area contributed by atoms with Crippen LogP contribution in [-0.4, -0.2) is 25.6 Å². The molecule has 1 heterocycles. The van der Waals surface area contributed by atoms with Gasteiger partial charge in [-0.1, -0.05) is 31.5 Å². The highest BCUT2D eigenvalue weighted by Crippen LogP contribution is 2.32. The van der Waals surface area contributed by atoms with E-state index in [1.165, 1.54) is 12.0 Å². The van der Waals surface area contributed by atoms with E-state index >= 15 is 0 Å². The highest BCUT2D eigenvalue weighted by atomic mass is 35.5. The average molecular weight is 282 g/mol. The Kier molecular flexibility index (Phi) is 5.99. The Morgan fingerprint density at radius 2 is 2.26 bits per heavy atom. The zero-order chi connectivity index (χ0) is 13.5. The monoisotopic (exact) mass is 281 g/mol. The minimum absolute atomic E-state index is 0.582. The molecule has 0 radical (unpaired) electrons. The number of benzene rings is 1. The molecular weight excluding hydrogens is 258 g/mol. The Morgan fingerprint density at radius 1 is 1.42 bits per heavy atom. The number of ether oxygens (including phenoxy) is 1. The summed E-state index contributed by atoms with van der Waals surface area (Å²) in [5, 5.41) is 3.62. The first-order valence-corrected chi connectivity index (χ1v) is 7.87. The van der Waals surface area contributed by atoms with Gasteiger partial charge in [0.05, 0.1) is 6.61 Å². The predicted octanol–water partition coefficient (Wildman–Crippen LogP) is 3.80. The van der Waals surface area contributed by atoms with Crippen LogP contribution in [0.1, 0.15) is 37.7 Å². The molecule has 1 aromatic carbocycles. The fourth-order valence-electron chi connectivity index (χ4n) is 2.69. The maximum absolute atomic E-state index is 5.83. The van der Waals surface area contributed by atoms with Crippen molar-refractivity contribution in [3.63, 3.8) is 0 Å². The summed E-state index contributed by atoms with van der Waals surface area (Å²) in [6.45, 7) is 5.19. The number of alkyl halides is 1. The van der Waals surface area contributed by atoms with Crippen LogP contribution in [0.3, 0.4) is 0 Å². The normalized spacial score (nSPS) is 19.6. The van der Waals surface area contributed by atoms with Gasteiger partial charge in [-0.3, -0.25) is 0 Å². The molecule has 0 aliphatic carbocycles. The quantitative estimate of drug-likeness (QED) is 0.768. The molecule has 2 rings (SSSR count). The topological polar surface area (TPSA) is 21.3 Å². The van der Waals surface area contributed by atoms with Gasteiger partial charge in [0.15, 0.2) is 0 Å². The van der Waals surface area contributed by atoms with Crippen LogP contribution in [0, 0.1) is 5.92 Å². The minimum Gasteiger partial charge on any atom is -0.493 e. The molecule has 2 unspecified atom stereocenters. The molecule has 0 amide bonds. The highest BCUT2D eigenvalue weighted by Gasteiger charge is 2.20. The summed E-state index contributed by atoms with van der Waals surface area (Å²) in [6, 6.07) is 8.41. The Hall–Kier alpha value is -0.730. The number of halogens is 1. The third kappa shape index (κ3) is 4.12. The summed E-state index contributed by atoms with van der Waals surface area (Å²) < 4.78 is 5.70. The number of hydrogen-bond acceptors (Lipinski definition) is 2. The van der Waals surface area contributed by atoms with Gasteiger partial charge < -0.3 is 10.1 Å². The summed E-state index contributed by atoms with van der Waals surface area (Å²) in [6.07, 6.45) is 3.41. The van der Waals surface area contributed by atoms with Crippen LogP contribution in [0.2, 0.25) is 0 Å². The van der Waals surface area contributed by atoms with Gasteiger partial charge in [0, 0.05) is 18.3 Å². The van der Waals surface area contributed by atoms with E-state index in [4.69, 9.17) is 16.3 Å². The summed E-state index contributed by atoms with van der Waals surface area (Å²) in [4.78, 5) is 0. The standard InChI is InChI=1S/C16H24ClNO/c1-2-13(7-9-17)11-18-12-14-8-10-19-16-6-4-3-5-15(14)16/h3-6,13-14,18H,2,7-12H2,1H3. The van der Waals surface area contributed by atoms with Crippen LogP contribution in [0.25, 0.3) is 0 Å². The molecular formula is C16H24ClNO. The van der Waals surface area contributed by atoms with Crippen molar-refractivity contribution < 1.29 is 4.74 Å². The maximum Gasteiger partial charge on any atom is 0.122 e.